The first kappa shape index (κ1) is 10.2. The number of rotatable bonds is 0. The van der Waals surface area contributed by atoms with Crippen LogP contribution in [0.2, 0.25) is 0 Å². The minimum absolute atomic E-state index is 0. The van der Waals surface area contributed by atoms with Crippen molar-refractivity contribution in [3.8, 4) is 0 Å². The fourth-order valence-electron chi connectivity index (χ4n) is 0. The van der Waals surface area contributed by atoms with Gasteiger partial charge in [-0.2, -0.15) is 8.42 Å². The second-order valence-electron chi connectivity index (χ2n) is 0.733. The largest absolute Gasteiger partial charge is 0.286 e. The van der Waals surface area contributed by atoms with Gasteiger partial charge in [-0.15, -0.1) is 0 Å². The molecule has 1 radical (unpaired) electrons. The van der Waals surface area contributed by atoms with Crippen molar-refractivity contribution in [1.29, 1.82) is 0 Å². The molecule has 0 aliphatic rings. The van der Waals surface area contributed by atoms with E-state index in [4.69, 9.17) is 4.55 Å². The topological polar surface area (TPSA) is 54.4 Å². The zero-order valence-electron chi connectivity index (χ0n) is 3.25. The van der Waals surface area contributed by atoms with Crippen molar-refractivity contribution in [1.82, 2.24) is 0 Å². The smallest absolute Gasteiger partial charge is 0.261 e. The Morgan fingerprint density at radius 1 is 1.50 bits per heavy atom. The van der Waals surface area contributed by atoms with E-state index in [0.29, 0.717) is 6.26 Å². The molecule has 0 bridgehead atoms. The van der Waals surface area contributed by atoms with Crippen LogP contribution >= 0.6 is 0 Å². The van der Waals surface area contributed by atoms with E-state index < -0.39 is 10.1 Å². The molecule has 0 aliphatic heterocycles. The normalized spacial score (nSPS) is 9.67. The van der Waals surface area contributed by atoms with Crippen LogP contribution in [0.4, 0.5) is 0 Å². The van der Waals surface area contributed by atoms with E-state index in [1.165, 1.54) is 0 Å². The van der Waals surface area contributed by atoms with Gasteiger partial charge in [-0.3, -0.25) is 4.55 Å². The quantitative estimate of drug-likeness (QED) is 0.576. The van der Waals surface area contributed by atoms with Crippen molar-refractivity contribution in [3.63, 3.8) is 0 Å². The summed E-state index contributed by atoms with van der Waals surface area (Å²) in [7, 11) is -3.67. The third-order valence-electron chi connectivity index (χ3n) is 0. The van der Waals surface area contributed by atoms with E-state index in [-0.39, 0.29) is 35.6 Å². The predicted octanol–water partition coefficient (Wildman–Crippen LogP) is -0.496. The molecule has 0 amide bonds. The first-order valence-electron chi connectivity index (χ1n) is 0.924. The Morgan fingerprint density at radius 3 is 1.50 bits per heavy atom. The fourth-order valence-corrected chi connectivity index (χ4v) is 0. The van der Waals surface area contributed by atoms with Crippen molar-refractivity contribution >= 4 is 10.1 Å². The van der Waals surface area contributed by atoms with E-state index in [2.05, 4.69) is 0 Å². The van der Waals surface area contributed by atoms with Crippen LogP contribution in [-0.2, 0) is 10.1 Å². The van der Waals surface area contributed by atoms with Gasteiger partial charge in [-0.05, 0) is 0 Å². The molecule has 0 rings (SSSR count). The molecule has 35 valence electrons. The van der Waals surface area contributed by atoms with Crippen LogP contribution < -0.4 is 0 Å². The molecule has 0 aromatic heterocycles. The SMILES string of the molecule is CS(=O)(=O)O.[La]. The first-order valence-corrected chi connectivity index (χ1v) is 2.77. The van der Waals surface area contributed by atoms with Crippen molar-refractivity contribution < 1.29 is 48.6 Å². The summed E-state index contributed by atoms with van der Waals surface area (Å²) < 4.78 is 25.9. The van der Waals surface area contributed by atoms with Gasteiger partial charge >= 0.3 is 0 Å². The van der Waals surface area contributed by atoms with Gasteiger partial charge in [0.2, 0.25) is 0 Å². The Morgan fingerprint density at radius 2 is 1.50 bits per heavy atom. The molecule has 0 heterocycles. The van der Waals surface area contributed by atoms with Gasteiger partial charge in [0.05, 0.1) is 6.26 Å². The van der Waals surface area contributed by atoms with Crippen LogP contribution in [0.5, 0.6) is 0 Å². The summed E-state index contributed by atoms with van der Waals surface area (Å²) in [6.45, 7) is 0. The Bertz CT molecular complexity index is 94.0. The zero-order valence-corrected chi connectivity index (χ0v) is 7.69. The maximum absolute atomic E-state index is 9.19. The second kappa shape index (κ2) is 3.15. The average molecular weight is 235 g/mol. The number of hydrogen-bond donors (Lipinski definition) is 1. The predicted molar refractivity (Wildman–Crippen MR) is 17.5 cm³/mol. The standard InChI is InChI=1S/CH4O3S.La/c1-5(2,3)4;/h1H3,(H,2,3,4);. The van der Waals surface area contributed by atoms with Crippen LogP contribution in [0.25, 0.3) is 0 Å². The minimum Gasteiger partial charge on any atom is -0.286 e. The summed E-state index contributed by atoms with van der Waals surface area (Å²) in [6, 6.07) is 0. The van der Waals surface area contributed by atoms with Crippen molar-refractivity contribution in [3.05, 3.63) is 0 Å². The first-order chi connectivity index (χ1) is 2.00. The maximum Gasteiger partial charge on any atom is 0.261 e. The molecule has 3 nitrogen and oxygen atoms in total. The summed E-state index contributed by atoms with van der Waals surface area (Å²) in [5, 5.41) is 0. The molecular weight excluding hydrogens is 231 g/mol. The van der Waals surface area contributed by atoms with Crippen LogP contribution in [-0.4, -0.2) is 19.2 Å². The molecule has 0 aromatic rings. The monoisotopic (exact) mass is 235 g/mol. The van der Waals surface area contributed by atoms with Gasteiger partial charge < -0.3 is 0 Å². The summed E-state index contributed by atoms with van der Waals surface area (Å²) in [6.07, 6.45) is 0.715. The molecule has 0 spiro atoms. The van der Waals surface area contributed by atoms with E-state index in [1.807, 2.05) is 0 Å². The minimum atomic E-state index is -3.67. The van der Waals surface area contributed by atoms with E-state index in [1.54, 1.807) is 0 Å². The van der Waals surface area contributed by atoms with Crippen LogP contribution in [0.3, 0.4) is 0 Å². The van der Waals surface area contributed by atoms with Crippen LogP contribution in [0.1, 0.15) is 0 Å². The van der Waals surface area contributed by atoms with Crippen molar-refractivity contribution in [2.24, 2.45) is 0 Å². The summed E-state index contributed by atoms with van der Waals surface area (Å²) in [5.41, 5.74) is 0. The molecule has 0 unspecified atom stereocenters. The van der Waals surface area contributed by atoms with Gasteiger partial charge in [-0.25, -0.2) is 0 Å². The Hall–Kier alpha value is 1.10. The Balaban J connectivity index is 0. The third-order valence-corrected chi connectivity index (χ3v) is 0. The maximum atomic E-state index is 9.19. The van der Waals surface area contributed by atoms with Gasteiger partial charge in [0, 0.05) is 35.6 Å². The van der Waals surface area contributed by atoms with Crippen molar-refractivity contribution in [2.45, 2.75) is 0 Å². The molecule has 0 atom stereocenters. The van der Waals surface area contributed by atoms with Gasteiger partial charge in [-0.1, -0.05) is 0 Å². The zero-order chi connectivity index (χ0) is 4.50. The Kier molecular flexibility index (Phi) is 5.34. The second-order valence-corrected chi connectivity index (χ2v) is 2.20. The molecule has 5 heteroatoms. The Labute approximate surface area is 64.5 Å². The van der Waals surface area contributed by atoms with Gasteiger partial charge in [0.1, 0.15) is 0 Å². The van der Waals surface area contributed by atoms with E-state index in [9.17, 15) is 8.42 Å². The molecule has 0 aliphatic carbocycles. The molecule has 6 heavy (non-hydrogen) atoms. The summed E-state index contributed by atoms with van der Waals surface area (Å²) in [5.74, 6) is 0. The summed E-state index contributed by atoms with van der Waals surface area (Å²) >= 11 is 0. The van der Waals surface area contributed by atoms with E-state index >= 15 is 0 Å². The average Bonchev–Trinajstić information content (AvgIpc) is 0.722. The molecule has 0 saturated heterocycles. The molecular formula is CH4LaO3S. The molecule has 0 saturated carbocycles. The van der Waals surface area contributed by atoms with Gasteiger partial charge in [0.15, 0.2) is 0 Å². The van der Waals surface area contributed by atoms with Crippen LogP contribution in [0, 0.1) is 35.6 Å². The van der Waals surface area contributed by atoms with Gasteiger partial charge in [0.25, 0.3) is 10.1 Å². The molecule has 0 fully saturated rings. The summed E-state index contributed by atoms with van der Waals surface area (Å²) in [4.78, 5) is 0. The third kappa shape index (κ3) is 70.5. The van der Waals surface area contributed by atoms with Crippen molar-refractivity contribution in [2.75, 3.05) is 6.26 Å². The fraction of sp³-hybridized carbons (Fsp3) is 1.00. The molecule has 0 aromatic carbocycles. The number of hydrogen-bond acceptors (Lipinski definition) is 2. The van der Waals surface area contributed by atoms with E-state index in [0.717, 1.165) is 0 Å². The molecule has 1 N–H and O–H groups in total. The van der Waals surface area contributed by atoms with Crippen LogP contribution in [0.15, 0.2) is 0 Å².